The molecule has 2 aromatic rings. The number of carbonyl (C=O) groups excluding carboxylic acids is 1. The van der Waals surface area contributed by atoms with Crippen LogP contribution in [0, 0.1) is 6.92 Å². The molecule has 0 radical (unpaired) electrons. The number of hydrogen-bond donors (Lipinski definition) is 1. The maximum atomic E-state index is 11.9. The molecule has 0 aromatic heterocycles. The highest BCUT2D eigenvalue weighted by atomic mass is 32.2. The molecule has 1 amide bonds. The van der Waals surface area contributed by atoms with Gasteiger partial charge in [-0.3, -0.25) is 0 Å². The summed E-state index contributed by atoms with van der Waals surface area (Å²) in [6.45, 7) is 1.81. The molecular weight excluding hydrogens is 330 g/mol. The lowest BCUT2D eigenvalue weighted by Crippen LogP contribution is -2.28. The summed E-state index contributed by atoms with van der Waals surface area (Å²) in [5, 5.41) is 0. The molecule has 0 fully saturated rings. The first-order valence-corrected chi connectivity index (χ1v) is 8.53. The highest BCUT2D eigenvalue weighted by Crippen LogP contribution is 2.12. The summed E-state index contributed by atoms with van der Waals surface area (Å²) in [7, 11) is -4.08. The molecule has 0 aliphatic carbocycles. The van der Waals surface area contributed by atoms with Gasteiger partial charge in [0.2, 0.25) is 0 Å². The minimum Gasteiger partial charge on any atom is -0.444 e. The fraction of sp³-hybridized carbons (Fsp3) is 0.118. The molecule has 0 unspecified atom stereocenters. The van der Waals surface area contributed by atoms with Crippen LogP contribution in [0.1, 0.15) is 11.1 Å². The van der Waals surface area contributed by atoms with Crippen LogP contribution >= 0.6 is 0 Å². The van der Waals surface area contributed by atoms with Gasteiger partial charge < -0.3 is 4.74 Å². The van der Waals surface area contributed by atoms with Gasteiger partial charge >= 0.3 is 16.2 Å². The molecule has 126 valence electrons. The molecule has 0 bridgehead atoms. The quantitative estimate of drug-likeness (QED) is 0.812. The van der Waals surface area contributed by atoms with Gasteiger partial charge in [-0.1, -0.05) is 54.1 Å². The lowest BCUT2D eigenvalue weighted by atomic mass is 10.2. The largest absolute Gasteiger partial charge is 0.444 e. The molecule has 24 heavy (non-hydrogen) atoms. The van der Waals surface area contributed by atoms with Crippen LogP contribution in [0.5, 0.6) is 0 Å². The van der Waals surface area contributed by atoms with Crippen molar-refractivity contribution in [3.05, 3.63) is 71.8 Å². The molecule has 6 nitrogen and oxygen atoms in total. The monoisotopic (exact) mass is 347 g/mol. The van der Waals surface area contributed by atoms with Crippen molar-refractivity contribution < 1.29 is 22.2 Å². The summed E-state index contributed by atoms with van der Waals surface area (Å²) in [4.78, 5) is 11.4. The maximum absolute atomic E-state index is 11.9. The minimum absolute atomic E-state index is 0.0192. The fourth-order valence-electron chi connectivity index (χ4n) is 1.74. The van der Waals surface area contributed by atoms with Gasteiger partial charge in [0, 0.05) is 0 Å². The van der Waals surface area contributed by atoms with Crippen LogP contribution in [0.3, 0.4) is 0 Å². The molecule has 0 heterocycles. The third-order valence-corrected chi connectivity index (χ3v) is 4.12. The van der Waals surface area contributed by atoms with Crippen molar-refractivity contribution in [2.45, 2.75) is 11.8 Å². The second-order valence-electron chi connectivity index (χ2n) is 4.86. The van der Waals surface area contributed by atoms with E-state index >= 15 is 0 Å². The van der Waals surface area contributed by atoms with Crippen molar-refractivity contribution in [3.8, 4) is 0 Å². The number of nitrogens with one attached hydrogen (secondary N) is 1. The smallest absolute Gasteiger partial charge is 0.432 e. The summed E-state index contributed by atoms with van der Waals surface area (Å²) >= 11 is 0. The Hall–Kier alpha value is -2.64. The van der Waals surface area contributed by atoms with Gasteiger partial charge in [0.1, 0.15) is 6.61 Å². The summed E-state index contributed by atoms with van der Waals surface area (Å²) in [6.07, 6.45) is 2.41. The highest BCUT2D eigenvalue weighted by molar-refractivity contribution is 7.86. The van der Waals surface area contributed by atoms with E-state index in [4.69, 9.17) is 4.74 Å². The lowest BCUT2D eigenvalue weighted by Gasteiger charge is -2.06. The average molecular weight is 347 g/mol. The molecule has 0 saturated carbocycles. The van der Waals surface area contributed by atoms with Crippen molar-refractivity contribution in [2.24, 2.45) is 0 Å². The van der Waals surface area contributed by atoms with Crippen molar-refractivity contribution in [1.82, 2.24) is 5.48 Å². The predicted molar refractivity (Wildman–Crippen MR) is 89.4 cm³/mol. The van der Waals surface area contributed by atoms with Crippen LogP contribution in [0.4, 0.5) is 4.79 Å². The van der Waals surface area contributed by atoms with Gasteiger partial charge in [0.05, 0.1) is 4.90 Å². The second kappa shape index (κ2) is 8.28. The van der Waals surface area contributed by atoms with E-state index < -0.39 is 16.2 Å². The van der Waals surface area contributed by atoms with Crippen LogP contribution in [0.15, 0.2) is 65.6 Å². The van der Waals surface area contributed by atoms with E-state index in [2.05, 4.69) is 4.28 Å². The third kappa shape index (κ3) is 5.53. The number of hydroxylamine groups is 1. The number of carbonyl (C=O) groups is 1. The van der Waals surface area contributed by atoms with E-state index in [0.29, 0.717) is 0 Å². The van der Waals surface area contributed by atoms with Gasteiger partial charge in [0.25, 0.3) is 0 Å². The average Bonchev–Trinajstić information content (AvgIpc) is 2.58. The number of aryl methyl sites for hydroxylation is 1. The summed E-state index contributed by atoms with van der Waals surface area (Å²) in [5.41, 5.74) is 3.62. The first kappa shape index (κ1) is 17.7. The highest BCUT2D eigenvalue weighted by Gasteiger charge is 2.17. The van der Waals surface area contributed by atoms with Gasteiger partial charge in [-0.2, -0.15) is 13.9 Å². The number of amides is 1. The van der Waals surface area contributed by atoms with E-state index in [1.165, 1.54) is 12.1 Å². The Bertz CT molecular complexity index is 799. The molecular formula is C17H17NO5S. The van der Waals surface area contributed by atoms with Crippen molar-refractivity contribution in [1.29, 1.82) is 0 Å². The molecule has 0 spiro atoms. The van der Waals surface area contributed by atoms with Crippen LogP contribution in [0.2, 0.25) is 0 Å². The van der Waals surface area contributed by atoms with E-state index in [1.54, 1.807) is 29.8 Å². The normalized spacial score (nSPS) is 11.4. The summed E-state index contributed by atoms with van der Waals surface area (Å²) in [5.74, 6) is 0. The van der Waals surface area contributed by atoms with Gasteiger partial charge in [0.15, 0.2) is 0 Å². The SMILES string of the molecule is Cc1ccc(S(=O)(=O)ONC(=O)OC/C=C/c2ccccc2)cc1. The summed E-state index contributed by atoms with van der Waals surface area (Å²) < 4.78 is 33.0. The number of benzene rings is 2. The topological polar surface area (TPSA) is 81.7 Å². The fourth-order valence-corrected chi connectivity index (χ4v) is 2.49. The molecule has 2 rings (SSSR count). The first-order chi connectivity index (χ1) is 11.5. The Balaban J connectivity index is 1.78. The third-order valence-electron chi connectivity index (χ3n) is 2.96. The Morgan fingerprint density at radius 2 is 1.75 bits per heavy atom. The second-order valence-corrected chi connectivity index (χ2v) is 6.41. The van der Waals surface area contributed by atoms with E-state index in [9.17, 15) is 13.2 Å². The molecule has 0 aliphatic heterocycles. The maximum Gasteiger partial charge on any atom is 0.432 e. The number of rotatable bonds is 6. The Labute approximate surface area is 140 Å². The van der Waals surface area contributed by atoms with Gasteiger partial charge in [-0.05, 0) is 30.7 Å². The van der Waals surface area contributed by atoms with E-state index in [0.717, 1.165) is 11.1 Å². The molecule has 1 N–H and O–H groups in total. The van der Waals surface area contributed by atoms with E-state index in [-0.39, 0.29) is 11.5 Å². The van der Waals surface area contributed by atoms with Crippen LogP contribution in [0.25, 0.3) is 6.08 Å². The zero-order valence-electron chi connectivity index (χ0n) is 13.0. The first-order valence-electron chi connectivity index (χ1n) is 7.12. The summed E-state index contributed by atoms with van der Waals surface area (Å²) in [6, 6.07) is 15.5. The Morgan fingerprint density at radius 1 is 1.08 bits per heavy atom. The standard InChI is InChI=1S/C17H17NO5S/c1-14-9-11-16(12-10-14)24(20,21)23-18-17(19)22-13-5-8-15-6-3-2-4-7-15/h2-12H,13H2,1H3,(H,18,19)/b8-5+. The number of ether oxygens (including phenoxy) is 1. The minimum atomic E-state index is -4.08. The predicted octanol–water partition coefficient (Wildman–Crippen LogP) is 3.05. The van der Waals surface area contributed by atoms with Crippen LogP contribution in [-0.2, 0) is 19.1 Å². The van der Waals surface area contributed by atoms with E-state index in [1.807, 2.05) is 37.3 Å². The Kier molecular flexibility index (Phi) is 6.11. The lowest BCUT2D eigenvalue weighted by molar-refractivity contribution is 0.111. The Morgan fingerprint density at radius 3 is 2.42 bits per heavy atom. The zero-order valence-corrected chi connectivity index (χ0v) is 13.8. The van der Waals surface area contributed by atoms with Crippen molar-refractivity contribution in [2.75, 3.05) is 6.61 Å². The van der Waals surface area contributed by atoms with Gasteiger partial charge in [-0.25, -0.2) is 4.79 Å². The molecule has 0 saturated heterocycles. The zero-order chi connectivity index (χ0) is 17.4. The van der Waals surface area contributed by atoms with Crippen molar-refractivity contribution in [3.63, 3.8) is 0 Å². The van der Waals surface area contributed by atoms with Gasteiger partial charge in [-0.15, -0.1) is 4.28 Å². The molecule has 2 aromatic carbocycles. The number of hydrogen-bond acceptors (Lipinski definition) is 5. The van der Waals surface area contributed by atoms with Crippen LogP contribution < -0.4 is 5.48 Å². The molecule has 0 atom stereocenters. The molecule has 7 heteroatoms. The van der Waals surface area contributed by atoms with Crippen LogP contribution in [-0.4, -0.2) is 21.1 Å². The van der Waals surface area contributed by atoms with Crippen molar-refractivity contribution >= 4 is 22.3 Å². The molecule has 0 aliphatic rings.